The first-order chi connectivity index (χ1) is 13.1. The zero-order chi connectivity index (χ0) is 18.8. The summed E-state index contributed by atoms with van der Waals surface area (Å²) in [6, 6.07) is 21.1. The third-order valence-electron chi connectivity index (χ3n) is 3.97. The Morgan fingerprint density at radius 3 is 1.74 bits per heavy atom. The van der Waals surface area contributed by atoms with E-state index in [1.165, 1.54) is 34.3 Å². The highest BCUT2D eigenvalue weighted by molar-refractivity contribution is 6.12. The Morgan fingerprint density at radius 1 is 0.667 bits per heavy atom. The van der Waals surface area contributed by atoms with Gasteiger partial charge in [-0.25, -0.2) is 4.79 Å². The Morgan fingerprint density at radius 2 is 1.19 bits per heavy atom. The lowest BCUT2D eigenvalue weighted by Crippen LogP contribution is -2.52. The van der Waals surface area contributed by atoms with Gasteiger partial charge in [-0.1, -0.05) is 30.3 Å². The molecule has 4 rings (SSSR count). The van der Waals surface area contributed by atoms with Crippen LogP contribution in [0.1, 0.15) is 5.56 Å². The standard InChI is InChI=1S/C20H15N4O3/c25-17-10-6-15(7-11-17)23-20(27)24(16-8-12-18(26)13-9-16)22-19(21-23)14-4-2-1-3-5-14/h1-13,25-26H. The maximum atomic E-state index is 13.0. The molecule has 3 aromatic rings. The number of urea groups is 1. The van der Waals surface area contributed by atoms with Crippen LogP contribution in [0.4, 0.5) is 16.2 Å². The van der Waals surface area contributed by atoms with Crippen molar-refractivity contribution in [2.75, 3.05) is 10.0 Å². The summed E-state index contributed by atoms with van der Waals surface area (Å²) in [5, 5.41) is 25.9. The van der Waals surface area contributed by atoms with E-state index in [9.17, 15) is 15.0 Å². The number of amidine groups is 1. The molecule has 0 fully saturated rings. The van der Waals surface area contributed by atoms with Crippen molar-refractivity contribution < 1.29 is 15.0 Å². The predicted octanol–water partition coefficient (Wildman–Crippen LogP) is 3.43. The van der Waals surface area contributed by atoms with E-state index in [2.05, 4.69) is 10.5 Å². The number of amides is 2. The van der Waals surface area contributed by atoms with Crippen LogP contribution in [0, 0.1) is 0 Å². The van der Waals surface area contributed by atoms with Crippen molar-refractivity contribution in [1.82, 2.24) is 5.43 Å². The van der Waals surface area contributed by atoms with Gasteiger partial charge in [-0.15, -0.1) is 10.5 Å². The summed E-state index contributed by atoms with van der Waals surface area (Å²) in [4.78, 5) is 13.0. The molecule has 0 saturated carbocycles. The average molecular weight is 359 g/mol. The van der Waals surface area contributed by atoms with Crippen LogP contribution in [-0.2, 0) is 0 Å². The number of phenols is 2. The minimum atomic E-state index is -0.480. The largest absolute Gasteiger partial charge is 0.508 e. The van der Waals surface area contributed by atoms with Crippen molar-refractivity contribution in [2.45, 2.75) is 0 Å². The summed E-state index contributed by atoms with van der Waals surface area (Å²) >= 11 is 0. The highest BCUT2D eigenvalue weighted by atomic mass is 16.3. The number of carbonyl (C=O) groups is 1. The van der Waals surface area contributed by atoms with Crippen LogP contribution in [0.2, 0.25) is 0 Å². The molecule has 1 heterocycles. The molecule has 0 aromatic heterocycles. The zero-order valence-electron chi connectivity index (χ0n) is 14.1. The molecule has 1 aliphatic rings. The number of aromatic hydroxyl groups is 2. The number of benzene rings is 3. The lowest BCUT2D eigenvalue weighted by Gasteiger charge is -2.31. The lowest BCUT2D eigenvalue weighted by atomic mass is 10.2. The number of phenolic OH excluding ortho intramolecular Hbond substituents is 2. The number of hydrogen-bond donors (Lipinski definition) is 2. The maximum absolute atomic E-state index is 13.0. The fraction of sp³-hybridized carbons (Fsp3) is 0. The third-order valence-corrected chi connectivity index (χ3v) is 3.97. The van der Waals surface area contributed by atoms with Gasteiger partial charge in [0, 0.05) is 5.56 Å². The average Bonchev–Trinajstić information content (AvgIpc) is 2.70. The number of anilines is 2. The summed E-state index contributed by atoms with van der Waals surface area (Å²) in [5.41, 5.74) is 6.12. The molecule has 2 amide bonds. The van der Waals surface area contributed by atoms with E-state index in [1.807, 2.05) is 30.3 Å². The molecule has 0 atom stereocenters. The van der Waals surface area contributed by atoms with Gasteiger partial charge in [0.05, 0.1) is 11.4 Å². The smallest absolute Gasteiger partial charge is 0.370 e. The van der Waals surface area contributed by atoms with Crippen LogP contribution in [-0.4, -0.2) is 22.1 Å². The van der Waals surface area contributed by atoms with Crippen LogP contribution < -0.4 is 15.4 Å². The van der Waals surface area contributed by atoms with Crippen molar-refractivity contribution in [3.05, 3.63) is 84.4 Å². The summed E-state index contributed by atoms with van der Waals surface area (Å²) in [7, 11) is 0. The van der Waals surface area contributed by atoms with Crippen molar-refractivity contribution >= 4 is 23.2 Å². The van der Waals surface area contributed by atoms with Gasteiger partial charge < -0.3 is 10.2 Å². The van der Waals surface area contributed by atoms with Crippen LogP contribution in [0.25, 0.3) is 0 Å². The molecule has 1 aliphatic heterocycles. The van der Waals surface area contributed by atoms with Gasteiger partial charge in [-0.05, 0) is 48.5 Å². The molecule has 0 saturated heterocycles. The van der Waals surface area contributed by atoms with Gasteiger partial charge in [-0.3, -0.25) is 0 Å². The molecular formula is C20H15N4O3. The second kappa shape index (κ2) is 6.72. The van der Waals surface area contributed by atoms with E-state index in [0.29, 0.717) is 17.2 Å². The SMILES string of the molecule is O=C1N(c2ccc(O)cc2)[N]C(c2ccccc2)=NN1c1ccc(O)cc1. The minimum absolute atomic E-state index is 0.0931. The second-order valence-electron chi connectivity index (χ2n) is 5.83. The predicted molar refractivity (Wildman–Crippen MR) is 102 cm³/mol. The Balaban J connectivity index is 1.79. The molecule has 0 unspecified atom stereocenters. The highest BCUT2D eigenvalue weighted by Crippen LogP contribution is 2.26. The van der Waals surface area contributed by atoms with Gasteiger partial charge in [0.2, 0.25) is 0 Å². The number of hydrazone groups is 1. The number of nitrogens with zero attached hydrogens (tertiary/aromatic N) is 4. The van der Waals surface area contributed by atoms with E-state index in [1.54, 1.807) is 24.3 Å². The Bertz CT molecular complexity index is 986. The molecular weight excluding hydrogens is 344 g/mol. The molecule has 0 bridgehead atoms. The van der Waals surface area contributed by atoms with E-state index < -0.39 is 6.03 Å². The van der Waals surface area contributed by atoms with E-state index in [4.69, 9.17) is 0 Å². The van der Waals surface area contributed by atoms with Crippen LogP contribution >= 0.6 is 0 Å². The first-order valence-electron chi connectivity index (χ1n) is 8.20. The highest BCUT2D eigenvalue weighted by Gasteiger charge is 2.32. The van der Waals surface area contributed by atoms with Gasteiger partial charge >= 0.3 is 6.03 Å². The van der Waals surface area contributed by atoms with Gasteiger partial charge in [0.1, 0.15) is 11.5 Å². The zero-order valence-corrected chi connectivity index (χ0v) is 14.1. The molecule has 2 N–H and O–H groups in total. The third kappa shape index (κ3) is 3.25. The number of rotatable bonds is 3. The van der Waals surface area contributed by atoms with E-state index in [0.717, 1.165) is 5.56 Å². The molecule has 133 valence electrons. The fourth-order valence-electron chi connectivity index (χ4n) is 2.61. The van der Waals surface area contributed by atoms with Crippen LogP contribution in [0.5, 0.6) is 11.5 Å². The fourth-order valence-corrected chi connectivity index (χ4v) is 2.61. The second-order valence-corrected chi connectivity index (χ2v) is 5.83. The van der Waals surface area contributed by atoms with E-state index in [-0.39, 0.29) is 11.5 Å². The first kappa shape index (κ1) is 16.5. The summed E-state index contributed by atoms with van der Waals surface area (Å²) in [6.45, 7) is 0. The quantitative estimate of drug-likeness (QED) is 0.751. The van der Waals surface area contributed by atoms with Crippen molar-refractivity contribution in [3.8, 4) is 11.5 Å². The first-order valence-corrected chi connectivity index (χ1v) is 8.20. The van der Waals surface area contributed by atoms with E-state index >= 15 is 0 Å². The topological polar surface area (TPSA) is 90.5 Å². The summed E-state index contributed by atoms with van der Waals surface area (Å²) in [6.07, 6.45) is 0. The molecule has 3 aromatic carbocycles. The molecule has 1 radical (unpaired) electrons. The van der Waals surface area contributed by atoms with Gasteiger partial charge in [0.15, 0.2) is 5.84 Å². The van der Waals surface area contributed by atoms with Gasteiger partial charge in [-0.2, -0.15) is 10.0 Å². The van der Waals surface area contributed by atoms with Crippen molar-refractivity contribution in [1.29, 1.82) is 0 Å². The monoisotopic (exact) mass is 359 g/mol. The number of hydrogen-bond acceptors (Lipinski definition) is 4. The minimum Gasteiger partial charge on any atom is -0.508 e. The van der Waals surface area contributed by atoms with Crippen molar-refractivity contribution in [2.24, 2.45) is 5.10 Å². The molecule has 7 heteroatoms. The maximum Gasteiger partial charge on any atom is 0.370 e. The van der Waals surface area contributed by atoms with Crippen molar-refractivity contribution in [3.63, 3.8) is 0 Å². The normalized spacial score (nSPS) is 13.9. The van der Waals surface area contributed by atoms with Crippen LogP contribution in [0.3, 0.4) is 0 Å². The lowest BCUT2D eigenvalue weighted by molar-refractivity contribution is 0.249. The molecule has 0 aliphatic carbocycles. The Hall–Kier alpha value is -4.00. The van der Waals surface area contributed by atoms with Crippen LogP contribution in [0.15, 0.2) is 84.0 Å². The summed E-state index contributed by atoms with van der Waals surface area (Å²) in [5.74, 6) is 0.544. The Kier molecular flexibility index (Phi) is 4.10. The number of carbonyl (C=O) groups excluding carboxylic acids is 1. The molecule has 7 nitrogen and oxygen atoms in total. The molecule has 0 spiro atoms. The Labute approximate surface area is 155 Å². The summed E-state index contributed by atoms with van der Waals surface area (Å²) < 4.78 is 0. The molecule has 27 heavy (non-hydrogen) atoms. The van der Waals surface area contributed by atoms with Gasteiger partial charge in [0.25, 0.3) is 0 Å².